The Bertz CT molecular complexity index is 494. The minimum Gasteiger partial charge on any atom is -0.506 e. The first kappa shape index (κ1) is 15.6. The van der Waals surface area contributed by atoms with Crippen LogP contribution in [-0.2, 0) is 0 Å². The molecule has 0 aliphatic carbocycles. The molecule has 1 heterocycles. The predicted molar refractivity (Wildman–Crippen MR) is 84.3 cm³/mol. The fraction of sp³-hybridized carbons (Fsp3) is 0.562. The lowest BCUT2D eigenvalue weighted by atomic mass is 10.1. The van der Waals surface area contributed by atoms with Crippen molar-refractivity contribution < 1.29 is 9.90 Å². The highest BCUT2D eigenvalue weighted by Gasteiger charge is 2.22. The number of phenols is 1. The average Bonchev–Trinajstić information content (AvgIpc) is 2.48. The third-order valence-corrected chi connectivity index (χ3v) is 3.96. The number of phenolic OH excluding ortho intramolecular Hbond substituents is 1. The number of hydrogen-bond donors (Lipinski definition) is 2. The number of amides is 1. The lowest BCUT2D eigenvalue weighted by Gasteiger charge is -2.35. The van der Waals surface area contributed by atoms with Crippen LogP contribution in [0.3, 0.4) is 0 Å². The Morgan fingerprint density at radius 1 is 1.29 bits per heavy atom. The van der Waals surface area contributed by atoms with Gasteiger partial charge >= 0.3 is 0 Å². The number of nitrogens with zero attached hydrogens (tertiary/aromatic N) is 2. The Labute approximate surface area is 126 Å². The van der Waals surface area contributed by atoms with Gasteiger partial charge in [0, 0.05) is 31.7 Å². The molecule has 0 bridgehead atoms. The van der Waals surface area contributed by atoms with Crippen LogP contribution in [0.25, 0.3) is 0 Å². The SMILES string of the molecule is CC(C)CCN1CCN(C(=O)c2ccc(N)c(O)c2)CC1. The van der Waals surface area contributed by atoms with Crippen molar-refractivity contribution in [3.8, 4) is 5.75 Å². The van der Waals surface area contributed by atoms with Crippen molar-refractivity contribution in [3.05, 3.63) is 23.8 Å². The maximum absolute atomic E-state index is 12.4. The normalized spacial score (nSPS) is 16.4. The van der Waals surface area contributed by atoms with E-state index in [1.165, 1.54) is 12.5 Å². The maximum atomic E-state index is 12.4. The van der Waals surface area contributed by atoms with Crippen LogP contribution in [0.5, 0.6) is 5.75 Å². The van der Waals surface area contributed by atoms with E-state index in [-0.39, 0.29) is 11.7 Å². The van der Waals surface area contributed by atoms with E-state index in [9.17, 15) is 9.90 Å². The molecule has 1 aliphatic rings. The van der Waals surface area contributed by atoms with Crippen molar-refractivity contribution in [2.45, 2.75) is 20.3 Å². The molecule has 1 aliphatic heterocycles. The third-order valence-electron chi connectivity index (χ3n) is 3.96. The van der Waals surface area contributed by atoms with E-state index in [2.05, 4.69) is 18.7 Å². The molecule has 5 nitrogen and oxygen atoms in total. The zero-order chi connectivity index (χ0) is 15.4. The Kier molecular flexibility index (Phi) is 5.07. The molecular weight excluding hydrogens is 266 g/mol. The van der Waals surface area contributed by atoms with Crippen LogP contribution in [-0.4, -0.2) is 53.5 Å². The van der Waals surface area contributed by atoms with Crippen molar-refractivity contribution in [1.82, 2.24) is 9.80 Å². The molecule has 0 radical (unpaired) electrons. The van der Waals surface area contributed by atoms with E-state index in [0.29, 0.717) is 17.2 Å². The molecule has 21 heavy (non-hydrogen) atoms. The van der Waals surface area contributed by atoms with Gasteiger partial charge in [0.2, 0.25) is 0 Å². The highest BCUT2D eigenvalue weighted by molar-refractivity contribution is 5.95. The molecule has 1 amide bonds. The molecule has 1 aromatic carbocycles. The first-order valence-corrected chi connectivity index (χ1v) is 7.57. The monoisotopic (exact) mass is 291 g/mol. The summed E-state index contributed by atoms with van der Waals surface area (Å²) in [5.41, 5.74) is 6.36. The van der Waals surface area contributed by atoms with E-state index >= 15 is 0 Å². The molecule has 2 rings (SSSR count). The van der Waals surface area contributed by atoms with Crippen LogP contribution in [0.4, 0.5) is 5.69 Å². The highest BCUT2D eigenvalue weighted by atomic mass is 16.3. The average molecular weight is 291 g/mol. The lowest BCUT2D eigenvalue weighted by molar-refractivity contribution is 0.0631. The summed E-state index contributed by atoms with van der Waals surface area (Å²) in [6.45, 7) is 8.87. The van der Waals surface area contributed by atoms with Gasteiger partial charge < -0.3 is 15.7 Å². The minimum atomic E-state index is -0.0335. The van der Waals surface area contributed by atoms with Crippen LogP contribution < -0.4 is 5.73 Å². The summed E-state index contributed by atoms with van der Waals surface area (Å²) in [5, 5.41) is 9.61. The molecule has 0 aromatic heterocycles. The number of anilines is 1. The van der Waals surface area contributed by atoms with Gasteiger partial charge in [-0.25, -0.2) is 0 Å². The van der Waals surface area contributed by atoms with Gasteiger partial charge in [-0.15, -0.1) is 0 Å². The lowest BCUT2D eigenvalue weighted by Crippen LogP contribution is -2.49. The van der Waals surface area contributed by atoms with Crippen LogP contribution in [0, 0.1) is 5.92 Å². The summed E-state index contributed by atoms with van der Waals surface area (Å²) in [5.74, 6) is 0.646. The van der Waals surface area contributed by atoms with E-state index in [4.69, 9.17) is 5.73 Å². The highest BCUT2D eigenvalue weighted by Crippen LogP contribution is 2.22. The number of piperazine rings is 1. The van der Waals surface area contributed by atoms with Crippen LogP contribution in [0.15, 0.2) is 18.2 Å². The number of rotatable bonds is 4. The first-order chi connectivity index (χ1) is 9.97. The van der Waals surface area contributed by atoms with E-state index in [1.807, 2.05) is 4.90 Å². The van der Waals surface area contributed by atoms with Crippen molar-refractivity contribution in [3.63, 3.8) is 0 Å². The van der Waals surface area contributed by atoms with Crippen molar-refractivity contribution >= 4 is 11.6 Å². The Hall–Kier alpha value is -1.75. The van der Waals surface area contributed by atoms with Crippen LogP contribution in [0.1, 0.15) is 30.6 Å². The summed E-state index contributed by atoms with van der Waals surface area (Å²) in [6.07, 6.45) is 1.19. The van der Waals surface area contributed by atoms with Gasteiger partial charge in [0.25, 0.3) is 5.91 Å². The molecule has 3 N–H and O–H groups in total. The third kappa shape index (κ3) is 4.11. The molecule has 116 valence electrons. The number of nitrogen functional groups attached to an aromatic ring is 1. The van der Waals surface area contributed by atoms with Crippen LogP contribution in [0.2, 0.25) is 0 Å². The summed E-state index contributed by atoms with van der Waals surface area (Å²) < 4.78 is 0. The predicted octanol–water partition coefficient (Wildman–Crippen LogP) is 1.78. The number of nitrogens with two attached hydrogens (primary N) is 1. The molecule has 0 saturated carbocycles. The second-order valence-corrected chi connectivity index (χ2v) is 6.09. The summed E-state index contributed by atoms with van der Waals surface area (Å²) in [4.78, 5) is 16.6. The van der Waals surface area contributed by atoms with Gasteiger partial charge in [0.1, 0.15) is 5.75 Å². The second-order valence-electron chi connectivity index (χ2n) is 6.09. The summed E-state index contributed by atoms with van der Waals surface area (Å²) in [7, 11) is 0. The number of carbonyl (C=O) groups is 1. The molecule has 1 saturated heterocycles. The van der Waals surface area contributed by atoms with Crippen molar-refractivity contribution in [2.24, 2.45) is 5.92 Å². The van der Waals surface area contributed by atoms with Gasteiger partial charge in [0.05, 0.1) is 5.69 Å². The van der Waals surface area contributed by atoms with Gasteiger partial charge in [-0.1, -0.05) is 13.8 Å². The standard InChI is InChI=1S/C16H25N3O2/c1-12(2)5-6-18-7-9-19(10-8-18)16(21)13-3-4-14(17)15(20)11-13/h3-4,11-12,20H,5-10,17H2,1-2H3. The number of benzene rings is 1. The number of aromatic hydroxyl groups is 1. The molecule has 1 fully saturated rings. The smallest absolute Gasteiger partial charge is 0.254 e. The largest absolute Gasteiger partial charge is 0.506 e. The molecule has 0 spiro atoms. The zero-order valence-corrected chi connectivity index (χ0v) is 12.9. The van der Waals surface area contributed by atoms with Crippen LogP contribution >= 0.6 is 0 Å². The summed E-state index contributed by atoms with van der Waals surface area (Å²) >= 11 is 0. The molecule has 1 aromatic rings. The number of hydrogen-bond acceptors (Lipinski definition) is 4. The minimum absolute atomic E-state index is 0.0311. The number of carbonyl (C=O) groups excluding carboxylic acids is 1. The van der Waals surface area contributed by atoms with Gasteiger partial charge in [-0.2, -0.15) is 0 Å². The fourth-order valence-corrected chi connectivity index (χ4v) is 2.47. The summed E-state index contributed by atoms with van der Waals surface area (Å²) in [6, 6.07) is 4.69. The zero-order valence-electron chi connectivity index (χ0n) is 12.9. The maximum Gasteiger partial charge on any atom is 0.254 e. The van der Waals surface area contributed by atoms with Gasteiger partial charge in [-0.05, 0) is 37.1 Å². The topological polar surface area (TPSA) is 69.8 Å². The van der Waals surface area contributed by atoms with Crippen molar-refractivity contribution in [1.29, 1.82) is 0 Å². The molecule has 0 atom stereocenters. The molecule has 0 unspecified atom stereocenters. The first-order valence-electron chi connectivity index (χ1n) is 7.57. The molecule has 5 heteroatoms. The second kappa shape index (κ2) is 6.80. The Morgan fingerprint density at radius 3 is 2.52 bits per heavy atom. The fourth-order valence-electron chi connectivity index (χ4n) is 2.47. The van der Waals surface area contributed by atoms with E-state index in [0.717, 1.165) is 32.7 Å². The van der Waals surface area contributed by atoms with E-state index in [1.54, 1.807) is 12.1 Å². The van der Waals surface area contributed by atoms with E-state index < -0.39 is 0 Å². The van der Waals surface area contributed by atoms with Gasteiger partial charge in [0.15, 0.2) is 0 Å². The Balaban J connectivity index is 1.89. The Morgan fingerprint density at radius 2 is 1.95 bits per heavy atom. The molecular formula is C16H25N3O2. The van der Waals surface area contributed by atoms with Gasteiger partial charge in [-0.3, -0.25) is 9.69 Å². The van der Waals surface area contributed by atoms with Crippen molar-refractivity contribution in [2.75, 3.05) is 38.5 Å². The quantitative estimate of drug-likeness (QED) is 0.655.